The van der Waals surface area contributed by atoms with E-state index in [1.165, 1.54) is 11.3 Å². The van der Waals surface area contributed by atoms with Crippen LogP contribution in [0.3, 0.4) is 0 Å². The molecule has 1 heterocycles. The van der Waals surface area contributed by atoms with Crippen LogP contribution < -0.4 is 10.2 Å². The molecule has 0 spiro atoms. The Kier molecular flexibility index (Phi) is 4.88. The van der Waals surface area contributed by atoms with Crippen molar-refractivity contribution in [2.24, 2.45) is 5.41 Å². The molecule has 1 N–H and O–H groups in total. The van der Waals surface area contributed by atoms with Gasteiger partial charge in [-0.1, -0.05) is 12.1 Å². The van der Waals surface area contributed by atoms with Crippen molar-refractivity contribution in [3.8, 4) is 0 Å². The lowest BCUT2D eigenvalue weighted by Crippen LogP contribution is -2.43. The molecule has 1 amide bonds. The summed E-state index contributed by atoms with van der Waals surface area (Å²) in [6.45, 7) is 7.31. The summed E-state index contributed by atoms with van der Waals surface area (Å²) < 4.78 is 0. The number of benzene rings is 1. The highest BCUT2D eigenvalue weighted by Gasteiger charge is 2.38. The second kappa shape index (κ2) is 6.48. The van der Waals surface area contributed by atoms with Crippen LogP contribution in [0.1, 0.15) is 25.8 Å². The van der Waals surface area contributed by atoms with E-state index in [4.69, 9.17) is 0 Å². The Balaban J connectivity index is 2.06. The van der Waals surface area contributed by atoms with Crippen LogP contribution in [0.25, 0.3) is 0 Å². The molecular weight excluding hydrogens is 262 g/mol. The van der Waals surface area contributed by atoms with E-state index in [1.54, 1.807) is 0 Å². The normalized spacial score (nSPS) is 21.3. The lowest BCUT2D eigenvalue weighted by molar-refractivity contribution is -0.140. The van der Waals surface area contributed by atoms with E-state index in [9.17, 15) is 4.79 Å². The molecule has 0 saturated carbocycles. The fraction of sp³-hybridized carbons (Fsp3) is 0.588. The van der Waals surface area contributed by atoms with Crippen LogP contribution in [0.4, 0.5) is 5.69 Å². The van der Waals surface area contributed by atoms with Gasteiger partial charge in [0.05, 0.1) is 5.41 Å². The van der Waals surface area contributed by atoms with Crippen LogP contribution in [0.2, 0.25) is 0 Å². The first kappa shape index (κ1) is 15.8. The van der Waals surface area contributed by atoms with Gasteiger partial charge in [-0.25, -0.2) is 0 Å². The Morgan fingerprint density at radius 1 is 1.29 bits per heavy atom. The van der Waals surface area contributed by atoms with E-state index in [2.05, 4.69) is 48.3 Å². The van der Waals surface area contributed by atoms with Gasteiger partial charge in [-0.05, 0) is 44.5 Å². The predicted molar refractivity (Wildman–Crippen MR) is 87.5 cm³/mol. The number of nitrogens with zero attached hydrogens (tertiary/aromatic N) is 2. The number of amides is 1. The van der Waals surface area contributed by atoms with Gasteiger partial charge < -0.3 is 15.1 Å². The fourth-order valence-corrected chi connectivity index (χ4v) is 2.83. The van der Waals surface area contributed by atoms with Crippen molar-refractivity contribution in [1.29, 1.82) is 0 Å². The van der Waals surface area contributed by atoms with Gasteiger partial charge in [-0.2, -0.15) is 0 Å². The molecule has 116 valence electrons. The Hall–Kier alpha value is -1.55. The third kappa shape index (κ3) is 3.56. The van der Waals surface area contributed by atoms with Gasteiger partial charge in [0.1, 0.15) is 0 Å². The zero-order chi connectivity index (χ0) is 15.5. The summed E-state index contributed by atoms with van der Waals surface area (Å²) in [5.41, 5.74) is 2.13. The lowest BCUT2D eigenvalue weighted by Gasteiger charge is -2.30. The second-order valence-corrected chi connectivity index (χ2v) is 6.37. The molecule has 1 saturated heterocycles. The van der Waals surface area contributed by atoms with Crippen molar-refractivity contribution >= 4 is 11.6 Å². The largest absolute Gasteiger partial charge is 0.378 e. The topological polar surface area (TPSA) is 35.6 Å². The number of nitrogens with one attached hydrogen (secondary N) is 1. The average molecular weight is 289 g/mol. The summed E-state index contributed by atoms with van der Waals surface area (Å²) in [7, 11) is 4.07. The van der Waals surface area contributed by atoms with Crippen LogP contribution in [-0.2, 0) is 11.3 Å². The Morgan fingerprint density at radius 2 is 1.95 bits per heavy atom. The van der Waals surface area contributed by atoms with Crippen molar-refractivity contribution in [3.05, 3.63) is 29.8 Å². The van der Waals surface area contributed by atoms with Gasteiger partial charge >= 0.3 is 0 Å². The number of carbonyl (C=O) groups excluding carboxylic acids is 1. The smallest absolute Gasteiger partial charge is 0.230 e. The van der Waals surface area contributed by atoms with E-state index >= 15 is 0 Å². The molecule has 2 rings (SSSR count). The van der Waals surface area contributed by atoms with Crippen molar-refractivity contribution in [2.75, 3.05) is 38.6 Å². The van der Waals surface area contributed by atoms with Crippen LogP contribution in [0.15, 0.2) is 24.3 Å². The van der Waals surface area contributed by atoms with Crippen molar-refractivity contribution in [2.45, 2.75) is 26.8 Å². The SMILES string of the molecule is CCN(Cc1ccc(N(C)C)cc1)C(=O)C1(C)CCNC1. The maximum atomic E-state index is 12.8. The first-order valence-corrected chi connectivity index (χ1v) is 7.72. The second-order valence-electron chi connectivity index (χ2n) is 6.37. The minimum absolute atomic E-state index is 0.237. The van der Waals surface area contributed by atoms with Gasteiger partial charge in [0, 0.05) is 39.4 Å². The molecule has 21 heavy (non-hydrogen) atoms. The van der Waals surface area contributed by atoms with E-state index < -0.39 is 0 Å². The van der Waals surface area contributed by atoms with Crippen molar-refractivity contribution in [3.63, 3.8) is 0 Å². The van der Waals surface area contributed by atoms with Gasteiger partial charge in [0.15, 0.2) is 0 Å². The summed E-state index contributed by atoms with van der Waals surface area (Å²) in [6, 6.07) is 8.43. The molecule has 1 aliphatic heterocycles. The number of rotatable bonds is 5. The summed E-state index contributed by atoms with van der Waals surface area (Å²) >= 11 is 0. The minimum Gasteiger partial charge on any atom is -0.378 e. The van der Waals surface area contributed by atoms with Gasteiger partial charge in [-0.15, -0.1) is 0 Å². The van der Waals surface area contributed by atoms with E-state index in [-0.39, 0.29) is 11.3 Å². The molecule has 1 aliphatic rings. The Bertz CT molecular complexity index is 475. The minimum atomic E-state index is -0.237. The Labute approximate surface area is 128 Å². The van der Waals surface area contributed by atoms with Gasteiger partial charge in [-0.3, -0.25) is 4.79 Å². The maximum Gasteiger partial charge on any atom is 0.230 e. The highest BCUT2D eigenvalue weighted by atomic mass is 16.2. The van der Waals surface area contributed by atoms with Crippen LogP contribution in [0.5, 0.6) is 0 Å². The summed E-state index contributed by atoms with van der Waals surface area (Å²) in [6.07, 6.45) is 0.932. The number of anilines is 1. The van der Waals surface area contributed by atoms with Crippen molar-refractivity contribution in [1.82, 2.24) is 10.2 Å². The fourth-order valence-electron chi connectivity index (χ4n) is 2.83. The summed E-state index contributed by atoms with van der Waals surface area (Å²) in [5.74, 6) is 0.270. The van der Waals surface area contributed by atoms with E-state index in [0.29, 0.717) is 6.54 Å². The zero-order valence-electron chi connectivity index (χ0n) is 13.6. The molecule has 4 heteroatoms. The number of hydrogen-bond donors (Lipinski definition) is 1. The molecule has 4 nitrogen and oxygen atoms in total. The lowest BCUT2D eigenvalue weighted by atomic mass is 9.88. The van der Waals surface area contributed by atoms with Crippen LogP contribution >= 0.6 is 0 Å². The third-order valence-electron chi connectivity index (χ3n) is 4.38. The highest BCUT2D eigenvalue weighted by Crippen LogP contribution is 2.28. The molecule has 0 bridgehead atoms. The van der Waals surface area contributed by atoms with Crippen molar-refractivity contribution < 1.29 is 4.79 Å². The average Bonchev–Trinajstić information content (AvgIpc) is 2.92. The standard InChI is InChI=1S/C17H27N3O/c1-5-20(16(21)17(2)10-11-18-13-17)12-14-6-8-15(9-7-14)19(3)4/h6-9,18H,5,10-13H2,1-4H3. The van der Waals surface area contributed by atoms with Gasteiger partial charge in [0.2, 0.25) is 5.91 Å². The highest BCUT2D eigenvalue weighted by molar-refractivity contribution is 5.83. The molecule has 1 atom stereocenters. The summed E-state index contributed by atoms with van der Waals surface area (Å²) in [4.78, 5) is 16.8. The molecule has 1 unspecified atom stereocenters. The number of hydrogen-bond acceptors (Lipinski definition) is 3. The molecule has 0 aliphatic carbocycles. The summed E-state index contributed by atoms with van der Waals surface area (Å²) in [5, 5.41) is 3.30. The van der Waals surface area contributed by atoms with E-state index in [1.807, 2.05) is 19.0 Å². The van der Waals surface area contributed by atoms with Gasteiger partial charge in [0.25, 0.3) is 0 Å². The first-order valence-electron chi connectivity index (χ1n) is 7.72. The quantitative estimate of drug-likeness (QED) is 0.901. The number of carbonyl (C=O) groups is 1. The predicted octanol–water partition coefficient (Wildman–Crippen LogP) is 2.10. The van der Waals surface area contributed by atoms with Crippen LogP contribution in [0, 0.1) is 5.41 Å². The van der Waals surface area contributed by atoms with E-state index in [0.717, 1.165) is 26.1 Å². The first-order chi connectivity index (χ1) is 9.96. The Morgan fingerprint density at radius 3 is 2.43 bits per heavy atom. The molecule has 1 aromatic carbocycles. The molecular formula is C17H27N3O. The monoisotopic (exact) mass is 289 g/mol. The third-order valence-corrected chi connectivity index (χ3v) is 4.38. The maximum absolute atomic E-state index is 12.8. The molecule has 0 radical (unpaired) electrons. The molecule has 1 fully saturated rings. The molecule has 0 aromatic heterocycles. The molecule has 1 aromatic rings. The zero-order valence-corrected chi connectivity index (χ0v) is 13.6. The van der Waals surface area contributed by atoms with Crippen LogP contribution in [-0.4, -0.2) is 44.5 Å².